The van der Waals surface area contributed by atoms with Crippen LogP contribution in [0.1, 0.15) is 22.9 Å². The highest BCUT2D eigenvalue weighted by Gasteiger charge is 2.15. The van der Waals surface area contributed by atoms with Crippen molar-refractivity contribution in [2.75, 3.05) is 0 Å². The van der Waals surface area contributed by atoms with E-state index in [2.05, 4.69) is 32.3 Å². The topological polar surface area (TPSA) is 56.7 Å². The smallest absolute Gasteiger partial charge is 0.0796 e. The summed E-state index contributed by atoms with van der Waals surface area (Å²) in [5, 5.41) is 7.72. The van der Waals surface area contributed by atoms with Crippen molar-refractivity contribution in [1.29, 1.82) is 0 Å². The van der Waals surface area contributed by atoms with Gasteiger partial charge in [0.25, 0.3) is 0 Å². The molecular weight excluding hydrogens is 268 g/mol. The fraction of sp³-hybridized carbons (Fsp3) is 0.273. The second kappa shape index (κ2) is 4.35. The highest BCUT2D eigenvalue weighted by molar-refractivity contribution is 9.10. The molecule has 0 saturated heterocycles. The summed E-state index contributed by atoms with van der Waals surface area (Å²) in [5.41, 5.74) is 9.33. The maximum absolute atomic E-state index is 6.20. The van der Waals surface area contributed by atoms with Crippen LogP contribution in [-0.4, -0.2) is 15.0 Å². The van der Waals surface area contributed by atoms with Gasteiger partial charge < -0.3 is 5.73 Å². The van der Waals surface area contributed by atoms with Crippen LogP contribution < -0.4 is 5.73 Å². The summed E-state index contributed by atoms with van der Waals surface area (Å²) < 4.78 is 2.70. The summed E-state index contributed by atoms with van der Waals surface area (Å²) in [4.78, 5) is 0. The predicted molar refractivity (Wildman–Crippen MR) is 65.9 cm³/mol. The molecule has 0 aliphatic heterocycles. The molecule has 0 radical (unpaired) electrons. The molecule has 0 aliphatic rings. The Labute approximate surface area is 103 Å². The molecule has 4 nitrogen and oxygen atoms in total. The van der Waals surface area contributed by atoms with Crippen LogP contribution in [0.15, 0.2) is 28.9 Å². The summed E-state index contributed by atoms with van der Waals surface area (Å²) in [7, 11) is 1.84. The van der Waals surface area contributed by atoms with Gasteiger partial charge in [-0.25, -0.2) is 0 Å². The zero-order chi connectivity index (χ0) is 11.7. The molecule has 84 valence electrons. The van der Waals surface area contributed by atoms with Crippen molar-refractivity contribution in [2.45, 2.75) is 13.0 Å². The zero-order valence-electron chi connectivity index (χ0n) is 9.18. The maximum Gasteiger partial charge on any atom is 0.0796 e. The number of aromatic nitrogens is 3. The van der Waals surface area contributed by atoms with Crippen LogP contribution in [0.4, 0.5) is 0 Å². The largest absolute Gasteiger partial charge is 0.319 e. The van der Waals surface area contributed by atoms with E-state index in [1.165, 1.54) is 5.56 Å². The number of rotatable bonds is 2. The Morgan fingerprint density at radius 1 is 1.44 bits per heavy atom. The van der Waals surface area contributed by atoms with Gasteiger partial charge >= 0.3 is 0 Å². The molecule has 2 aromatic rings. The van der Waals surface area contributed by atoms with Gasteiger partial charge in [-0.05, 0) is 18.6 Å². The lowest BCUT2D eigenvalue weighted by molar-refractivity contribution is 0.650. The van der Waals surface area contributed by atoms with Gasteiger partial charge in [-0.2, -0.15) is 0 Å². The summed E-state index contributed by atoms with van der Waals surface area (Å²) >= 11 is 3.51. The van der Waals surface area contributed by atoms with E-state index in [0.717, 1.165) is 15.7 Å². The first kappa shape index (κ1) is 11.3. The third kappa shape index (κ3) is 2.01. The molecule has 0 amide bonds. The zero-order valence-corrected chi connectivity index (χ0v) is 10.8. The summed E-state index contributed by atoms with van der Waals surface area (Å²) in [6, 6.07) is 5.91. The molecule has 5 heteroatoms. The average Bonchev–Trinajstić information content (AvgIpc) is 2.67. The van der Waals surface area contributed by atoms with Gasteiger partial charge in [0.1, 0.15) is 0 Å². The van der Waals surface area contributed by atoms with E-state index < -0.39 is 0 Å². The number of nitrogens with zero attached hydrogens (tertiary/aromatic N) is 3. The molecule has 1 unspecified atom stereocenters. The van der Waals surface area contributed by atoms with Crippen LogP contribution in [0, 0.1) is 6.92 Å². The van der Waals surface area contributed by atoms with Crippen molar-refractivity contribution in [3.05, 3.63) is 45.7 Å². The lowest BCUT2D eigenvalue weighted by atomic mass is 10.0. The van der Waals surface area contributed by atoms with Crippen LogP contribution in [0.5, 0.6) is 0 Å². The van der Waals surface area contributed by atoms with Gasteiger partial charge in [-0.3, -0.25) is 4.68 Å². The van der Waals surface area contributed by atoms with Gasteiger partial charge in [0.15, 0.2) is 0 Å². The van der Waals surface area contributed by atoms with E-state index >= 15 is 0 Å². The Bertz CT molecular complexity index is 506. The summed E-state index contributed by atoms with van der Waals surface area (Å²) in [6.45, 7) is 2.05. The van der Waals surface area contributed by atoms with Crippen molar-refractivity contribution in [2.24, 2.45) is 12.8 Å². The van der Waals surface area contributed by atoms with Crippen molar-refractivity contribution in [3.63, 3.8) is 0 Å². The quantitative estimate of drug-likeness (QED) is 0.915. The van der Waals surface area contributed by atoms with E-state index in [4.69, 9.17) is 5.73 Å². The van der Waals surface area contributed by atoms with Crippen LogP contribution in [0.25, 0.3) is 0 Å². The summed E-state index contributed by atoms with van der Waals surface area (Å²) in [6.07, 6.45) is 1.69. The number of benzene rings is 1. The van der Waals surface area contributed by atoms with Gasteiger partial charge in [-0.1, -0.05) is 38.8 Å². The molecule has 0 bridgehead atoms. The molecule has 1 aromatic heterocycles. The normalized spacial score (nSPS) is 12.8. The molecule has 1 aromatic carbocycles. The molecule has 1 atom stereocenters. The Morgan fingerprint density at radius 3 is 2.81 bits per heavy atom. The van der Waals surface area contributed by atoms with Gasteiger partial charge in [0.05, 0.1) is 17.9 Å². The molecule has 0 saturated carbocycles. The third-order valence-corrected chi connectivity index (χ3v) is 3.28. The Morgan fingerprint density at radius 2 is 2.19 bits per heavy atom. The first-order valence-corrected chi connectivity index (χ1v) is 5.75. The van der Waals surface area contributed by atoms with Crippen LogP contribution in [-0.2, 0) is 7.05 Å². The molecule has 0 fully saturated rings. The number of hydrogen-bond donors (Lipinski definition) is 1. The number of aryl methyl sites for hydroxylation is 2. The van der Waals surface area contributed by atoms with Gasteiger partial charge in [0.2, 0.25) is 0 Å². The predicted octanol–water partition coefficient (Wildman–Crippen LogP) is 1.93. The summed E-state index contributed by atoms with van der Waals surface area (Å²) in [5.74, 6) is 0. The van der Waals surface area contributed by atoms with Crippen molar-refractivity contribution < 1.29 is 0 Å². The molecule has 1 heterocycles. The second-order valence-electron chi connectivity index (χ2n) is 3.79. The van der Waals surface area contributed by atoms with Crippen LogP contribution in [0.3, 0.4) is 0 Å². The van der Waals surface area contributed by atoms with Crippen LogP contribution in [0.2, 0.25) is 0 Å². The van der Waals surface area contributed by atoms with Crippen LogP contribution >= 0.6 is 15.9 Å². The first-order chi connectivity index (χ1) is 7.59. The molecule has 0 spiro atoms. The van der Waals surface area contributed by atoms with E-state index in [-0.39, 0.29) is 6.04 Å². The Balaban J connectivity index is 2.45. The number of nitrogens with two attached hydrogens (primary N) is 1. The highest BCUT2D eigenvalue weighted by atomic mass is 79.9. The monoisotopic (exact) mass is 280 g/mol. The maximum atomic E-state index is 6.20. The van der Waals surface area contributed by atoms with Crippen molar-refractivity contribution >= 4 is 15.9 Å². The minimum atomic E-state index is -0.214. The fourth-order valence-electron chi connectivity index (χ4n) is 1.64. The fourth-order valence-corrected chi connectivity index (χ4v) is 2.13. The SMILES string of the molecule is Cc1ccc(Br)c(C(N)c2cnnn2C)c1. The molecule has 16 heavy (non-hydrogen) atoms. The van der Waals surface area contributed by atoms with Crippen molar-refractivity contribution in [1.82, 2.24) is 15.0 Å². The molecule has 0 aliphatic carbocycles. The molecule has 2 N–H and O–H groups in total. The van der Waals surface area contributed by atoms with E-state index in [0.29, 0.717) is 0 Å². The number of hydrogen-bond acceptors (Lipinski definition) is 3. The Hall–Kier alpha value is -1.20. The lowest BCUT2D eigenvalue weighted by Gasteiger charge is -2.14. The van der Waals surface area contributed by atoms with Crippen molar-refractivity contribution in [3.8, 4) is 0 Å². The minimum absolute atomic E-state index is 0.214. The second-order valence-corrected chi connectivity index (χ2v) is 4.64. The van der Waals surface area contributed by atoms with E-state index in [9.17, 15) is 0 Å². The highest BCUT2D eigenvalue weighted by Crippen LogP contribution is 2.26. The van der Waals surface area contributed by atoms with Gasteiger partial charge in [0, 0.05) is 11.5 Å². The van der Waals surface area contributed by atoms with E-state index in [1.54, 1.807) is 10.9 Å². The first-order valence-electron chi connectivity index (χ1n) is 4.96. The van der Waals surface area contributed by atoms with E-state index in [1.807, 2.05) is 26.1 Å². The molecular formula is C11H13BrN4. The standard InChI is InChI=1S/C11H13BrN4/c1-7-3-4-9(12)8(5-7)11(13)10-6-14-15-16(10)2/h3-6,11H,13H2,1-2H3. The lowest BCUT2D eigenvalue weighted by Crippen LogP contribution is -2.16. The third-order valence-electron chi connectivity index (χ3n) is 2.55. The molecule has 2 rings (SSSR count). The van der Waals surface area contributed by atoms with Gasteiger partial charge in [-0.15, -0.1) is 5.10 Å². The Kier molecular flexibility index (Phi) is 3.07. The number of halogens is 1. The average molecular weight is 281 g/mol. The minimum Gasteiger partial charge on any atom is -0.319 e.